The first kappa shape index (κ1) is 12.8. The van der Waals surface area contributed by atoms with Crippen molar-refractivity contribution in [1.29, 1.82) is 5.26 Å². The van der Waals surface area contributed by atoms with Crippen molar-refractivity contribution in [2.75, 3.05) is 44.6 Å². The van der Waals surface area contributed by atoms with E-state index in [1.54, 1.807) is 0 Å². The van der Waals surface area contributed by atoms with E-state index in [0.29, 0.717) is 11.4 Å². The molecule has 1 aliphatic heterocycles. The first-order valence-electron chi connectivity index (χ1n) is 6.34. The largest absolute Gasteiger partial charge is 0.368 e. The van der Waals surface area contributed by atoms with Gasteiger partial charge >= 0.3 is 0 Å². The maximum Gasteiger partial charge on any atom is 0.144 e. The predicted molar refractivity (Wildman–Crippen MR) is 71.5 cm³/mol. The van der Waals surface area contributed by atoms with Crippen molar-refractivity contribution in [2.24, 2.45) is 0 Å². The molecule has 18 heavy (non-hydrogen) atoms. The van der Waals surface area contributed by atoms with Crippen LogP contribution in [0.4, 0.5) is 5.82 Å². The van der Waals surface area contributed by atoms with E-state index in [4.69, 9.17) is 5.26 Å². The Morgan fingerprint density at radius 1 is 1.44 bits per heavy atom. The van der Waals surface area contributed by atoms with Gasteiger partial charge in [0.25, 0.3) is 0 Å². The van der Waals surface area contributed by atoms with Gasteiger partial charge in [0.1, 0.15) is 11.9 Å². The van der Waals surface area contributed by atoms with Crippen LogP contribution >= 0.6 is 0 Å². The molecule has 0 aliphatic carbocycles. The summed E-state index contributed by atoms with van der Waals surface area (Å²) in [6.07, 6.45) is 0. The Hall–Kier alpha value is -1.64. The molecule has 0 spiro atoms. The average molecular weight is 245 g/mol. The number of piperazine rings is 1. The third-order valence-electron chi connectivity index (χ3n) is 3.09. The molecule has 2 N–H and O–H groups in total. The Kier molecular flexibility index (Phi) is 4.51. The third-order valence-corrected chi connectivity index (χ3v) is 3.09. The van der Waals surface area contributed by atoms with Crippen molar-refractivity contribution in [3.05, 3.63) is 23.4 Å². The summed E-state index contributed by atoms with van der Waals surface area (Å²) in [6, 6.07) is 5.84. The van der Waals surface area contributed by atoms with Crippen LogP contribution in [-0.4, -0.2) is 49.2 Å². The number of nitriles is 1. The standard InChI is InChI=1S/C13H19N5/c1-11-2-3-12(10-14)13(17-11)16-6-9-18-7-4-15-5-8-18/h2-3,15H,4-9H2,1H3,(H,16,17). The number of aryl methyl sites for hydroxylation is 1. The van der Waals surface area contributed by atoms with Gasteiger partial charge in [0, 0.05) is 45.0 Å². The number of nitrogens with one attached hydrogen (secondary N) is 2. The summed E-state index contributed by atoms with van der Waals surface area (Å²) in [6.45, 7) is 8.05. The molecule has 96 valence electrons. The van der Waals surface area contributed by atoms with Crippen LogP contribution in [0.15, 0.2) is 12.1 Å². The summed E-state index contributed by atoms with van der Waals surface area (Å²) in [4.78, 5) is 6.77. The van der Waals surface area contributed by atoms with E-state index in [2.05, 4.69) is 26.6 Å². The van der Waals surface area contributed by atoms with Gasteiger partial charge in [0.15, 0.2) is 0 Å². The summed E-state index contributed by atoms with van der Waals surface area (Å²) in [7, 11) is 0. The minimum atomic E-state index is 0.612. The highest BCUT2D eigenvalue weighted by atomic mass is 15.2. The van der Waals surface area contributed by atoms with Gasteiger partial charge in [-0.25, -0.2) is 4.98 Å². The van der Waals surface area contributed by atoms with Crippen LogP contribution in [0, 0.1) is 18.3 Å². The molecule has 5 heteroatoms. The molecule has 2 heterocycles. The maximum absolute atomic E-state index is 9.01. The zero-order chi connectivity index (χ0) is 12.8. The van der Waals surface area contributed by atoms with Crippen molar-refractivity contribution in [3.8, 4) is 6.07 Å². The fourth-order valence-corrected chi connectivity index (χ4v) is 2.05. The quantitative estimate of drug-likeness (QED) is 0.812. The predicted octanol–water partition coefficient (Wildman–Crippen LogP) is 0.579. The summed E-state index contributed by atoms with van der Waals surface area (Å²) in [5.74, 6) is 0.702. The normalized spacial score (nSPS) is 16.2. The van der Waals surface area contributed by atoms with E-state index in [1.807, 2.05) is 19.1 Å². The average Bonchev–Trinajstić information content (AvgIpc) is 2.40. The lowest BCUT2D eigenvalue weighted by molar-refractivity contribution is 0.249. The lowest BCUT2D eigenvalue weighted by Gasteiger charge is -2.27. The molecule has 0 saturated carbocycles. The summed E-state index contributed by atoms with van der Waals surface area (Å²) >= 11 is 0. The summed E-state index contributed by atoms with van der Waals surface area (Å²) < 4.78 is 0. The number of nitrogens with zero attached hydrogens (tertiary/aromatic N) is 3. The molecule has 1 aliphatic rings. The van der Waals surface area contributed by atoms with Crippen molar-refractivity contribution in [3.63, 3.8) is 0 Å². The van der Waals surface area contributed by atoms with Crippen molar-refractivity contribution >= 4 is 5.82 Å². The van der Waals surface area contributed by atoms with Crippen LogP contribution < -0.4 is 10.6 Å². The van der Waals surface area contributed by atoms with Crippen LogP contribution in [0.2, 0.25) is 0 Å². The van der Waals surface area contributed by atoms with Crippen LogP contribution in [0.3, 0.4) is 0 Å². The second-order valence-corrected chi connectivity index (χ2v) is 4.48. The Morgan fingerprint density at radius 2 is 2.22 bits per heavy atom. The first-order chi connectivity index (χ1) is 8.79. The van der Waals surface area contributed by atoms with Crippen molar-refractivity contribution in [2.45, 2.75) is 6.92 Å². The Balaban J connectivity index is 1.86. The first-order valence-corrected chi connectivity index (χ1v) is 6.34. The minimum Gasteiger partial charge on any atom is -0.368 e. The number of rotatable bonds is 4. The molecule has 1 fully saturated rings. The van der Waals surface area contributed by atoms with Crippen LogP contribution in [-0.2, 0) is 0 Å². The third kappa shape index (κ3) is 3.42. The molecule has 1 saturated heterocycles. The molecule has 0 radical (unpaired) electrons. The monoisotopic (exact) mass is 245 g/mol. The number of aromatic nitrogens is 1. The highest BCUT2D eigenvalue weighted by Gasteiger charge is 2.09. The Bertz CT molecular complexity index is 431. The Morgan fingerprint density at radius 3 is 2.94 bits per heavy atom. The molecular formula is C13H19N5. The molecule has 0 amide bonds. The Labute approximate surface area is 108 Å². The lowest BCUT2D eigenvalue weighted by Crippen LogP contribution is -2.45. The highest BCUT2D eigenvalue weighted by molar-refractivity contribution is 5.52. The van der Waals surface area contributed by atoms with E-state index in [1.165, 1.54) is 0 Å². The van der Waals surface area contributed by atoms with Gasteiger partial charge in [-0.15, -0.1) is 0 Å². The molecule has 0 aromatic carbocycles. The molecule has 1 aromatic rings. The molecule has 0 bridgehead atoms. The molecular weight excluding hydrogens is 226 g/mol. The van der Waals surface area contributed by atoms with Gasteiger partial charge in [0.05, 0.1) is 5.56 Å². The molecule has 1 aromatic heterocycles. The number of hydrogen-bond donors (Lipinski definition) is 2. The fraction of sp³-hybridized carbons (Fsp3) is 0.538. The van der Waals surface area contributed by atoms with Crippen molar-refractivity contribution < 1.29 is 0 Å². The maximum atomic E-state index is 9.01. The molecule has 5 nitrogen and oxygen atoms in total. The minimum absolute atomic E-state index is 0.612. The topological polar surface area (TPSA) is 64.0 Å². The summed E-state index contributed by atoms with van der Waals surface area (Å²) in [5, 5.41) is 15.6. The van der Waals surface area contributed by atoms with Gasteiger partial charge in [-0.3, -0.25) is 4.90 Å². The van der Waals surface area contributed by atoms with E-state index in [-0.39, 0.29) is 0 Å². The highest BCUT2D eigenvalue weighted by Crippen LogP contribution is 2.11. The van der Waals surface area contributed by atoms with Crippen LogP contribution in [0.1, 0.15) is 11.3 Å². The van der Waals surface area contributed by atoms with Crippen LogP contribution in [0.5, 0.6) is 0 Å². The van der Waals surface area contributed by atoms with E-state index < -0.39 is 0 Å². The summed E-state index contributed by atoms with van der Waals surface area (Å²) in [5.41, 5.74) is 1.54. The van der Waals surface area contributed by atoms with E-state index in [9.17, 15) is 0 Å². The molecule has 2 rings (SSSR count). The number of hydrogen-bond acceptors (Lipinski definition) is 5. The van der Waals surface area contributed by atoms with Gasteiger partial charge in [-0.2, -0.15) is 5.26 Å². The van der Waals surface area contributed by atoms with Crippen LogP contribution in [0.25, 0.3) is 0 Å². The van der Waals surface area contributed by atoms with Gasteiger partial charge in [-0.05, 0) is 19.1 Å². The van der Waals surface area contributed by atoms with E-state index >= 15 is 0 Å². The van der Waals surface area contributed by atoms with Gasteiger partial charge < -0.3 is 10.6 Å². The lowest BCUT2D eigenvalue weighted by atomic mass is 10.2. The molecule has 0 unspecified atom stereocenters. The number of anilines is 1. The zero-order valence-corrected chi connectivity index (χ0v) is 10.7. The SMILES string of the molecule is Cc1ccc(C#N)c(NCCN2CCNCC2)n1. The van der Waals surface area contributed by atoms with Crippen molar-refractivity contribution in [1.82, 2.24) is 15.2 Å². The molecule has 0 atom stereocenters. The van der Waals surface area contributed by atoms with Gasteiger partial charge in [-0.1, -0.05) is 0 Å². The fourth-order valence-electron chi connectivity index (χ4n) is 2.05. The second kappa shape index (κ2) is 6.34. The number of pyridine rings is 1. The van der Waals surface area contributed by atoms with E-state index in [0.717, 1.165) is 45.0 Å². The zero-order valence-electron chi connectivity index (χ0n) is 10.7. The van der Waals surface area contributed by atoms with Gasteiger partial charge in [0.2, 0.25) is 0 Å². The smallest absolute Gasteiger partial charge is 0.144 e. The second-order valence-electron chi connectivity index (χ2n) is 4.48.